The molecule has 0 amide bonds. The molecule has 4 nitrogen and oxygen atoms in total. The minimum absolute atomic E-state index is 0.0844. The molecule has 0 saturated carbocycles. The highest BCUT2D eigenvalue weighted by atomic mass is 19.1. The van der Waals surface area contributed by atoms with Gasteiger partial charge in [0, 0.05) is 4.91 Å². The van der Waals surface area contributed by atoms with Crippen molar-refractivity contribution in [2.75, 3.05) is 0 Å². The molecule has 0 saturated heterocycles. The van der Waals surface area contributed by atoms with Crippen LogP contribution in [0.25, 0.3) is 10.4 Å². The monoisotopic (exact) mass is 167 g/mol. The van der Waals surface area contributed by atoms with Gasteiger partial charge in [0.15, 0.2) is 0 Å². The third kappa shape index (κ3) is 1.46. The average Bonchev–Trinajstić information content (AvgIpc) is 2.01. The van der Waals surface area contributed by atoms with Crippen molar-refractivity contribution in [3.05, 3.63) is 34.0 Å². The van der Waals surface area contributed by atoms with E-state index in [4.69, 9.17) is 10.6 Å². The Labute approximate surface area is 67.9 Å². The van der Waals surface area contributed by atoms with E-state index in [1.165, 1.54) is 0 Å². The van der Waals surface area contributed by atoms with Gasteiger partial charge in [-0.1, -0.05) is 5.11 Å². The Morgan fingerprint density at radius 2 is 2.25 bits per heavy atom. The van der Waals surface area contributed by atoms with E-state index < -0.39 is 5.82 Å². The number of aromatic hydroxyl groups is 1. The number of aryl methyl sites for hydroxylation is 1. The summed E-state index contributed by atoms with van der Waals surface area (Å²) in [5, 5.41) is 12.2. The number of azide groups is 1. The normalized spacial score (nSPS) is 9.17. The molecule has 1 N–H and O–H groups in total. The Bertz CT molecular complexity index is 358. The molecule has 0 aliphatic carbocycles. The lowest BCUT2D eigenvalue weighted by Crippen LogP contribution is -1.79. The number of rotatable bonds is 1. The Morgan fingerprint density at radius 1 is 1.58 bits per heavy atom. The van der Waals surface area contributed by atoms with Crippen LogP contribution in [0.4, 0.5) is 10.1 Å². The van der Waals surface area contributed by atoms with Crippen LogP contribution in [0.2, 0.25) is 0 Å². The Morgan fingerprint density at radius 3 is 2.83 bits per heavy atom. The molecule has 0 bridgehead atoms. The lowest BCUT2D eigenvalue weighted by Gasteiger charge is -2.00. The fourth-order valence-corrected chi connectivity index (χ4v) is 0.775. The van der Waals surface area contributed by atoms with Crippen molar-refractivity contribution in [3.8, 4) is 5.75 Å². The van der Waals surface area contributed by atoms with Gasteiger partial charge in [-0.3, -0.25) is 0 Å². The van der Waals surface area contributed by atoms with Crippen molar-refractivity contribution in [2.45, 2.75) is 6.92 Å². The zero-order chi connectivity index (χ0) is 9.14. The van der Waals surface area contributed by atoms with Crippen molar-refractivity contribution >= 4 is 5.69 Å². The highest BCUT2D eigenvalue weighted by Crippen LogP contribution is 2.26. The molecule has 0 spiro atoms. The van der Waals surface area contributed by atoms with Gasteiger partial charge in [0.2, 0.25) is 0 Å². The summed E-state index contributed by atoms with van der Waals surface area (Å²) in [6.07, 6.45) is 0. The fraction of sp³-hybridized carbons (Fsp3) is 0.143. The smallest absolute Gasteiger partial charge is 0.133 e. The lowest BCUT2D eigenvalue weighted by molar-refractivity contribution is 0.469. The van der Waals surface area contributed by atoms with Crippen molar-refractivity contribution in [1.82, 2.24) is 0 Å². The third-order valence-electron chi connectivity index (χ3n) is 1.42. The SMILES string of the molecule is Cc1cc(F)c(N=[N+]=[N-])cc1O. The van der Waals surface area contributed by atoms with Gasteiger partial charge < -0.3 is 5.11 Å². The first kappa shape index (κ1) is 8.36. The standard InChI is InChI=1S/C7H6FN3O/c1-4-2-5(8)6(10-11-9)3-7(4)12/h2-3,12H,1H3. The second-order valence-corrected chi connectivity index (χ2v) is 2.28. The van der Waals surface area contributed by atoms with Crippen LogP contribution >= 0.6 is 0 Å². The van der Waals surface area contributed by atoms with Gasteiger partial charge in [-0.15, -0.1) is 0 Å². The molecule has 0 aliphatic rings. The number of nitrogens with zero attached hydrogens (tertiary/aromatic N) is 3. The molecular formula is C7H6FN3O. The minimum Gasteiger partial charge on any atom is -0.508 e. The van der Waals surface area contributed by atoms with Gasteiger partial charge in [-0.25, -0.2) is 4.39 Å². The maximum atomic E-state index is 12.8. The summed E-state index contributed by atoms with van der Waals surface area (Å²) in [6.45, 7) is 1.55. The fourth-order valence-electron chi connectivity index (χ4n) is 0.775. The van der Waals surface area contributed by atoms with Gasteiger partial charge >= 0.3 is 0 Å². The van der Waals surface area contributed by atoms with Gasteiger partial charge in [0.25, 0.3) is 0 Å². The van der Waals surface area contributed by atoms with Crippen LogP contribution in [0, 0.1) is 12.7 Å². The summed E-state index contributed by atoms with van der Waals surface area (Å²) in [5.74, 6) is -0.720. The molecule has 1 rings (SSSR count). The van der Waals surface area contributed by atoms with Crippen molar-refractivity contribution in [3.63, 3.8) is 0 Å². The number of halogens is 1. The molecule has 12 heavy (non-hydrogen) atoms. The van der Waals surface area contributed by atoms with E-state index in [2.05, 4.69) is 10.0 Å². The molecule has 5 heteroatoms. The summed E-state index contributed by atoms with van der Waals surface area (Å²) in [5.41, 5.74) is 8.23. The predicted molar refractivity (Wildman–Crippen MR) is 41.6 cm³/mol. The van der Waals surface area contributed by atoms with Crippen LogP contribution in [-0.2, 0) is 0 Å². The van der Waals surface area contributed by atoms with E-state index in [9.17, 15) is 4.39 Å². The van der Waals surface area contributed by atoms with Gasteiger partial charge in [0.05, 0.1) is 5.69 Å². The summed E-state index contributed by atoms with van der Waals surface area (Å²) < 4.78 is 12.8. The highest BCUT2D eigenvalue weighted by molar-refractivity contribution is 5.47. The van der Waals surface area contributed by atoms with Crippen LogP contribution in [0.5, 0.6) is 5.75 Å². The molecule has 0 aromatic heterocycles. The van der Waals surface area contributed by atoms with Crippen LogP contribution in [0.1, 0.15) is 5.56 Å². The van der Waals surface area contributed by atoms with Crippen LogP contribution in [0.3, 0.4) is 0 Å². The topological polar surface area (TPSA) is 69.0 Å². The van der Waals surface area contributed by atoms with Crippen molar-refractivity contribution in [1.29, 1.82) is 0 Å². The Balaban J connectivity index is 3.32. The molecule has 0 unspecified atom stereocenters. The zero-order valence-electron chi connectivity index (χ0n) is 6.32. The lowest BCUT2D eigenvalue weighted by atomic mass is 10.2. The van der Waals surface area contributed by atoms with E-state index in [1.54, 1.807) is 6.92 Å². The number of hydrogen-bond donors (Lipinski definition) is 1. The summed E-state index contributed by atoms with van der Waals surface area (Å²) in [6, 6.07) is 2.20. The van der Waals surface area contributed by atoms with E-state index in [0.717, 1.165) is 12.1 Å². The molecule has 1 aromatic rings. The predicted octanol–water partition coefficient (Wildman–Crippen LogP) is 2.78. The molecule has 0 radical (unpaired) electrons. The first-order valence-electron chi connectivity index (χ1n) is 3.19. The summed E-state index contributed by atoms with van der Waals surface area (Å²) in [4.78, 5) is 2.41. The van der Waals surface area contributed by atoms with Crippen LogP contribution in [0.15, 0.2) is 17.2 Å². The summed E-state index contributed by atoms with van der Waals surface area (Å²) in [7, 11) is 0. The van der Waals surface area contributed by atoms with Crippen molar-refractivity contribution in [2.24, 2.45) is 5.11 Å². The van der Waals surface area contributed by atoms with Gasteiger partial charge in [-0.2, -0.15) is 0 Å². The Hall–Kier alpha value is -1.74. The first-order chi connectivity index (χ1) is 5.65. The summed E-state index contributed by atoms with van der Waals surface area (Å²) >= 11 is 0. The molecular weight excluding hydrogens is 161 g/mol. The quantitative estimate of drug-likeness (QED) is 0.390. The zero-order valence-corrected chi connectivity index (χ0v) is 6.32. The van der Waals surface area contributed by atoms with Gasteiger partial charge in [0.1, 0.15) is 11.6 Å². The minimum atomic E-state index is -0.636. The molecule has 0 heterocycles. The molecule has 0 atom stereocenters. The Kier molecular flexibility index (Phi) is 2.16. The maximum absolute atomic E-state index is 12.8. The number of phenolic OH excluding ortho intramolecular Hbond substituents is 1. The number of phenols is 1. The third-order valence-corrected chi connectivity index (χ3v) is 1.42. The van der Waals surface area contributed by atoms with E-state index in [0.29, 0.717) is 5.56 Å². The largest absolute Gasteiger partial charge is 0.508 e. The second kappa shape index (κ2) is 3.11. The number of benzene rings is 1. The molecule has 1 aromatic carbocycles. The van der Waals surface area contributed by atoms with Gasteiger partial charge in [-0.05, 0) is 30.2 Å². The molecule has 0 fully saturated rings. The second-order valence-electron chi connectivity index (χ2n) is 2.28. The molecule has 62 valence electrons. The van der Waals surface area contributed by atoms with Crippen LogP contribution < -0.4 is 0 Å². The van der Waals surface area contributed by atoms with Crippen molar-refractivity contribution < 1.29 is 9.50 Å². The average molecular weight is 167 g/mol. The number of hydrogen-bond acceptors (Lipinski definition) is 2. The highest BCUT2D eigenvalue weighted by Gasteiger charge is 2.03. The molecule has 0 aliphatic heterocycles. The van der Waals surface area contributed by atoms with E-state index in [1.807, 2.05) is 0 Å². The van der Waals surface area contributed by atoms with E-state index >= 15 is 0 Å². The maximum Gasteiger partial charge on any atom is 0.133 e. The van der Waals surface area contributed by atoms with E-state index in [-0.39, 0.29) is 11.4 Å². The first-order valence-corrected chi connectivity index (χ1v) is 3.19. The van der Waals surface area contributed by atoms with Crippen LogP contribution in [-0.4, -0.2) is 5.11 Å².